The molecule has 0 saturated heterocycles. The van der Waals surface area contributed by atoms with Crippen LogP contribution in [0, 0.1) is 0 Å². The molecule has 1 heterocycles. The van der Waals surface area contributed by atoms with Crippen molar-refractivity contribution in [2.24, 2.45) is 0 Å². The minimum atomic E-state index is -0.200. The van der Waals surface area contributed by atoms with E-state index in [4.69, 9.17) is 0 Å². The lowest BCUT2D eigenvalue weighted by Crippen LogP contribution is -2.29. The fourth-order valence-electron chi connectivity index (χ4n) is 3.27. The normalized spacial score (nSPS) is 17.0. The van der Waals surface area contributed by atoms with E-state index in [1.165, 1.54) is 18.4 Å². The van der Waals surface area contributed by atoms with Gasteiger partial charge in [0.2, 0.25) is 0 Å². The number of carbonyl (C=O) groups is 1. The second-order valence-electron chi connectivity index (χ2n) is 6.28. The van der Waals surface area contributed by atoms with Gasteiger partial charge in [-0.3, -0.25) is 0 Å². The van der Waals surface area contributed by atoms with Crippen LogP contribution >= 0.6 is 0 Å². The Morgan fingerprint density at radius 1 is 1.04 bits per heavy atom. The lowest BCUT2D eigenvalue weighted by atomic mass is 9.87. The minimum Gasteiger partial charge on any atom is -0.361 e. The molecule has 0 bridgehead atoms. The average Bonchev–Trinajstić information content (AvgIpc) is 3.33. The molecule has 1 aromatic heterocycles. The van der Waals surface area contributed by atoms with E-state index in [0.717, 1.165) is 22.8 Å². The largest absolute Gasteiger partial charge is 0.361 e. The molecule has 1 aliphatic carbocycles. The van der Waals surface area contributed by atoms with Crippen molar-refractivity contribution in [2.75, 3.05) is 0 Å². The van der Waals surface area contributed by atoms with Crippen molar-refractivity contribution in [3.8, 4) is 0 Å². The summed E-state index contributed by atoms with van der Waals surface area (Å²) in [5.41, 5.74) is 3.31. The first-order valence-corrected chi connectivity index (χ1v) is 8.19. The molecule has 1 fully saturated rings. The van der Waals surface area contributed by atoms with Crippen molar-refractivity contribution < 1.29 is 4.79 Å². The topological polar surface area (TPSA) is 44.9 Å². The number of fused-ring (bicyclic) bond motifs is 1. The van der Waals surface area contributed by atoms with Crippen LogP contribution in [0.1, 0.15) is 35.9 Å². The summed E-state index contributed by atoms with van der Waals surface area (Å²) in [6.07, 6.45) is 5.46. The maximum absolute atomic E-state index is 12.0. The van der Waals surface area contributed by atoms with Crippen LogP contribution in [0.5, 0.6) is 0 Å². The van der Waals surface area contributed by atoms with Gasteiger partial charge >= 0.3 is 0 Å². The number of para-hydroxylation sites is 1. The van der Waals surface area contributed by atoms with Crippen molar-refractivity contribution in [1.82, 2.24) is 10.3 Å². The third-order valence-electron chi connectivity index (χ3n) is 4.64. The van der Waals surface area contributed by atoms with Gasteiger partial charge in [-0.15, -0.1) is 0 Å². The smallest absolute Gasteiger partial charge is 0.129 e. The van der Waals surface area contributed by atoms with Gasteiger partial charge in [0.1, 0.15) is 6.29 Å². The van der Waals surface area contributed by atoms with Gasteiger partial charge in [0.25, 0.3) is 0 Å². The standard InChI is InChI=1S/C20H20N2O/c23-13-18(17-12-21-19-9-5-4-8-16(17)19)20(22-15-10-11-15)14-6-2-1-3-7-14/h1-9,12-13,15,18,20-22H,10-11H2. The van der Waals surface area contributed by atoms with Crippen LogP contribution in [-0.4, -0.2) is 17.3 Å². The zero-order valence-corrected chi connectivity index (χ0v) is 12.9. The molecule has 1 aliphatic rings. The molecule has 3 nitrogen and oxygen atoms in total. The number of rotatable bonds is 6. The molecule has 23 heavy (non-hydrogen) atoms. The van der Waals surface area contributed by atoms with Crippen LogP contribution in [0.2, 0.25) is 0 Å². The fourth-order valence-corrected chi connectivity index (χ4v) is 3.27. The molecular formula is C20H20N2O. The van der Waals surface area contributed by atoms with Crippen LogP contribution in [0.15, 0.2) is 60.8 Å². The average molecular weight is 304 g/mol. The van der Waals surface area contributed by atoms with E-state index in [1.807, 2.05) is 42.6 Å². The third kappa shape index (κ3) is 2.80. The molecule has 2 unspecified atom stereocenters. The summed E-state index contributed by atoms with van der Waals surface area (Å²) in [7, 11) is 0. The summed E-state index contributed by atoms with van der Waals surface area (Å²) in [5.74, 6) is -0.200. The lowest BCUT2D eigenvalue weighted by Gasteiger charge is -2.25. The first-order valence-electron chi connectivity index (χ1n) is 8.19. The first kappa shape index (κ1) is 14.2. The number of carbonyl (C=O) groups excluding carboxylic acids is 1. The monoisotopic (exact) mass is 304 g/mol. The Labute approximate surface area is 135 Å². The number of nitrogens with one attached hydrogen (secondary N) is 2. The molecule has 2 atom stereocenters. The maximum atomic E-state index is 12.0. The van der Waals surface area contributed by atoms with E-state index < -0.39 is 0 Å². The molecule has 0 spiro atoms. The van der Waals surface area contributed by atoms with Crippen molar-refractivity contribution in [3.63, 3.8) is 0 Å². The number of hydrogen-bond donors (Lipinski definition) is 2. The summed E-state index contributed by atoms with van der Waals surface area (Å²) in [6, 6.07) is 19.0. The zero-order valence-electron chi connectivity index (χ0n) is 12.9. The molecule has 3 heteroatoms. The van der Waals surface area contributed by atoms with Gasteiger partial charge in [0.15, 0.2) is 0 Å². The van der Waals surface area contributed by atoms with Crippen molar-refractivity contribution in [2.45, 2.75) is 30.8 Å². The number of aldehydes is 1. The van der Waals surface area contributed by atoms with Crippen LogP contribution < -0.4 is 5.32 Å². The fraction of sp³-hybridized carbons (Fsp3) is 0.250. The van der Waals surface area contributed by atoms with Crippen LogP contribution in [0.25, 0.3) is 10.9 Å². The minimum absolute atomic E-state index is 0.0143. The Balaban J connectivity index is 1.77. The SMILES string of the molecule is O=CC(c1c[nH]c2ccccc12)C(NC1CC1)c1ccccc1. The Kier molecular flexibility index (Phi) is 3.72. The van der Waals surface area contributed by atoms with Gasteiger partial charge in [0, 0.05) is 29.2 Å². The van der Waals surface area contributed by atoms with E-state index in [2.05, 4.69) is 28.5 Å². The Morgan fingerprint density at radius 3 is 2.52 bits per heavy atom. The van der Waals surface area contributed by atoms with E-state index in [0.29, 0.717) is 6.04 Å². The molecule has 1 saturated carbocycles. The summed E-state index contributed by atoms with van der Waals surface area (Å²) < 4.78 is 0. The van der Waals surface area contributed by atoms with E-state index in [-0.39, 0.29) is 12.0 Å². The maximum Gasteiger partial charge on any atom is 0.129 e. The highest BCUT2D eigenvalue weighted by atomic mass is 16.1. The number of aromatic nitrogens is 1. The molecule has 0 amide bonds. The molecule has 4 rings (SSSR count). The predicted molar refractivity (Wildman–Crippen MR) is 92.4 cm³/mol. The second-order valence-corrected chi connectivity index (χ2v) is 6.28. The van der Waals surface area contributed by atoms with Crippen molar-refractivity contribution in [3.05, 3.63) is 71.9 Å². The van der Waals surface area contributed by atoms with E-state index in [1.54, 1.807) is 0 Å². The Morgan fingerprint density at radius 2 is 1.78 bits per heavy atom. The van der Waals surface area contributed by atoms with Crippen LogP contribution in [0.3, 0.4) is 0 Å². The molecular weight excluding hydrogens is 284 g/mol. The lowest BCUT2D eigenvalue weighted by molar-refractivity contribution is -0.109. The highest BCUT2D eigenvalue weighted by molar-refractivity contribution is 5.87. The summed E-state index contributed by atoms with van der Waals surface area (Å²) >= 11 is 0. The van der Waals surface area contributed by atoms with Crippen LogP contribution in [0.4, 0.5) is 0 Å². The quantitative estimate of drug-likeness (QED) is 0.677. The van der Waals surface area contributed by atoms with Crippen LogP contribution in [-0.2, 0) is 4.79 Å². The van der Waals surface area contributed by atoms with Crippen molar-refractivity contribution in [1.29, 1.82) is 0 Å². The highest BCUT2D eigenvalue weighted by Gasteiger charge is 2.32. The van der Waals surface area contributed by atoms with Crippen molar-refractivity contribution >= 4 is 17.2 Å². The highest BCUT2D eigenvalue weighted by Crippen LogP contribution is 2.36. The third-order valence-corrected chi connectivity index (χ3v) is 4.64. The summed E-state index contributed by atoms with van der Waals surface area (Å²) in [5, 5.41) is 4.79. The second kappa shape index (κ2) is 6.01. The summed E-state index contributed by atoms with van der Waals surface area (Å²) in [4.78, 5) is 15.3. The van der Waals surface area contributed by atoms with Gasteiger partial charge in [0.05, 0.1) is 5.92 Å². The van der Waals surface area contributed by atoms with Gasteiger partial charge in [-0.25, -0.2) is 0 Å². The number of benzene rings is 2. The molecule has 0 aliphatic heterocycles. The zero-order chi connectivity index (χ0) is 15.6. The summed E-state index contributed by atoms with van der Waals surface area (Å²) in [6.45, 7) is 0. The van der Waals surface area contributed by atoms with Gasteiger partial charge in [-0.05, 0) is 30.0 Å². The molecule has 2 aromatic carbocycles. The Hall–Kier alpha value is -2.39. The van der Waals surface area contributed by atoms with E-state index >= 15 is 0 Å². The number of aromatic amines is 1. The molecule has 2 N–H and O–H groups in total. The first-order chi connectivity index (χ1) is 11.4. The van der Waals surface area contributed by atoms with Gasteiger partial charge in [-0.1, -0.05) is 48.5 Å². The molecule has 3 aromatic rings. The van der Waals surface area contributed by atoms with Gasteiger partial charge in [-0.2, -0.15) is 0 Å². The Bertz CT molecular complexity index is 805. The molecule has 0 radical (unpaired) electrons. The number of hydrogen-bond acceptors (Lipinski definition) is 2. The van der Waals surface area contributed by atoms with E-state index in [9.17, 15) is 4.79 Å². The number of H-pyrrole nitrogens is 1. The van der Waals surface area contributed by atoms with Gasteiger partial charge < -0.3 is 15.1 Å². The predicted octanol–water partition coefficient (Wildman–Crippen LogP) is 3.94. The molecule has 116 valence electrons.